The first-order valence-electron chi connectivity index (χ1n) is 3.38. The monoisotopic (exact) mass is 141 g/mol. The standard InChI is InChI=1S/C8H15NO/c1-5-8(7(2)10)6-9(3)4/h5H,6H2,1-4H3/b8-5+. The minimum atomic E-state index is 0.163. The molecular weight excluding hydrogens is 126 g/mol. The summed E-state index contributed by atoms with van der Waals surface area (Å²) in [7, 11) is 3.90. The molecule has 58 valence electrons. The van der Waals surface area contributed by atoms with Crippen LogP contribution in [-0.4, -0.2) is 31.3 Å². The zero-order valence-electron chi connectivity index (χ0n) is 7.14. The van der Waals surface area contributed by atoms with Gasteiger partial charge in [0.15, 0.2) is 5.78 Å². The molecular formula is C8H15NO. The van der Waals surface area contributed by atoms with Crippen LogP contribution in [0, 0.1) is 0 Å². The van der Waals surface area contributed by atoms with E-state index < -0.39 is 0 Å². The number of likely N-dealkylation sites (N-methyl/N-ethyl adjacent to an activating group) is 1. The van der Waals surface area contributed by atoms with Gasteiger partial charge in [-0.15, -0.1) is 0 Å². The van der Waals surface area contributed by atoms with Gasteiger partial charge in [-0.05, 0) is 27.9 Å². The molecule has 0 aromatic heterocycles. The summed E-state index contributed by atoms with van der Waals surface area (Å²) in [5.74, 6) is 0.163. The van der Waals surface area contributed by atoms with Crippen LogP contribution in [0.3, 0.4) is 0 Å². The predicted molar refractivity (Wildman–Crippen MR) is 43.0 cm³/mol. The Labute approximate surface area is 62.5 Å². The van der Waals surface area contributed by atoms with Crippen LogP contribution in [0.2, 0.25) is 0 Å². The lowest BCUT2D eigenvalue weighted by Crippen LogP contribution is -2.18. The van der Waals surface area contributed by atoms with Crippen LogP contribution < -0.4 is 0 Å². The van der Waals surface area contributed by atoms with Crippen LogP contribution >= 0.6 is 0 Å². The van der Waals surface area contributed by atoms with Crippen LogP contribution in [-0.2, 0) is 4.79 Å². The summed E-state index contributed by atoms with van der Waals surface area (Å²) in [6.45, 7) is 4.23. The fourth-order valence-electron chi connectivity index (χ4n) is 0.747. The first-order valence-corrected chi connectivity index (χ1v) is 3.38. The Bertz CT molecular complexity index is 147. The molecule has 0 bridgehead atoms. The van der Waals surface area contributed by atoms with E-state index in [1.54, 1.807) is 6.92 Å². The predicted octanol–water partition coefficient (Wildman–Crippen LogP) is 1.08. The first kappa shape index (κ1) is 9.37. The molecule has 0 saturated carbocycles. The highest BCUT2D eigenvalue weighted by atomic mass is 16.1. The van der Waals surface area contributed by atoms with Crippen LogP contribution in [0.15, 0.2) is 11.6 Å². The van der Waals surface area contributed by atoms with Gasteiger partial charge in [0.05, 0.1) is 0 Å². The van der Waals surface area contributed by atoms with Gasteiger partial charge in [0, 0.05) is 12.1 Å². The van der Waals surface area contributed by atoms with Crippen LogP contribution in [0.5, 0.6) is 0 Å². The Balaban J connectivity index is 3.99. The molecule has 0 aliphatic heterocycles. The van der Waals surface area contributed by atoms with Gasteiger partial charge in [-0.1, -0.05) is 6.08 Å². The molecule has 0 saturated heterocycles. The van der Waals surface area contributed by atoms with Crippen molar-refractivity contribution in [3.8, 4) is 0 Å². The van der Waals surface area contributed by atoms with E-state index in [1.165, 1.54) is 0 Å². The van der Waals surface area contributed by atoms with Crippen molar-refractivity contribution in [3.63, 3.8) is 0 Å². The largest absolute Gasteiger partial charge is 0.305 e. The second-order valence-corrected chi connectivity index (χ2v) is 2.61. The first-order chi connectivity index (χ1) is 4.57. The normalized spacial score (nSPS) is 12.3. The third-order valence-corrected chi connectivity index (χ3v) is 1.29. The Kier molecular flexibility index (Phi) is 3.96. The average Bonchev–Trinajstić information content (AvgIpc) is 1.81. The number of hydrogen-bond acceptors (Lipinski definition) is 2. The van der Waals surface area contributed by atoms with Gasteiger partial charge in [-0.2, -0.15) is 0 Å². The molecule has 0 fully saturated rings. The maximum absolute atomic E-state index is 10.8. The zero-order valence-corrected chi connectivity index (χ0v) is 7.14. The van der Waals surface area contributed by atoms with Crippen molar-refractivity contribution in [2.45, 2.75) is 13.8 Å². The van der Waals surface area contributed by atoms with Gasteiger partial charge < -0.3 is 4.90 Å². The molecule has 0 N–H and O–H groups in total. The summed E-state index contributed by atoms with van der Waals surface area (Å²) in [4.78, 5) is 12.8. The maximum atomic E-state index is 10.8. The van der Waals surface area contributed by atoms with Crippen molar-refractivity contribution >= 4 is 5.78 Å². The SMILES string of the molecule is C/C=C(\CN(C)C)C(C)=O. The average molecular weight is 141 g/mol. The summed E-state index contributed by atoms with van der Waals surface area (Å²) < 4.78 is 0. The Hall–Kier alpha value is -0.630. The van der Waals surface area contributed by atoms with Gasteiger partial charge in [0.25, 0.3) is 0 Å². The number of nitrogens with zero attached hydrogens (tertiary/aromatic N) is 1. The van der Waals surface area contributed by atoms with Crippen molar-refractivity contribution in [1.29, 1.82) is 0 Å². The highest BCUT2D eigenvalue weighted by Gasteiger charge is 2.01. The smallest absolute Gasteiger partial charge is 0.156 e. The van der Waals surface area contributed by atoms with Crippen molar-refractivity contribution in [2.75, 3.05) is 20.6 Å². The molecule has 0 atom stereocenters. The van der Waals surface area contributed by atoms with Crippen LogP contribution in [0.4, 0.5) is 0 Å². The van der Waals surface area contributed by atoms with E-state index in [9.17, 15) is 4.79 Å². The summed E-state index contributed by atoms with van der Waals surface area (Å²) in [6.07, 6.45) is 1.86. The number of rotatable bonds is 3. The van der Waals surface area contributed by atoms with E-state index in [1.807, 2.05) is 32.0 Å². The number of allylic oxidation sites excluding steroid dienone is 1. The van der Waals surface area contributed by atoms with E-state index in [-0.39, 0.29) is 5.78 Å². The number of carbonyl (C=O) groups is 1. The highest BCUT2D eigenvalue weighted by molar-refractivity contribution is 5.93. The van der Waals surface area contributed by atoms with Gasteiger partial charge in [-0.25, -0.2) is 0 Å². The quantitative estimate of drug-likeness (QED) is 0.548. The maximum Gasteiger partial charge on any atom is 0.156 e. The van der Waals surface area contributed by atoms with Gasteiger partial charge in [0.2, 0.25) is 0 Å². The third-order valence-electron chi connectivity index (χ3n) is 1.29. The Morgan fingerprint density at radius 3 is 2.10 bits per heavy atom. The molecule has 0 aliphatic carbocycles. The molecule has 0 amide bonds. The molecule has 0 radical (unpaired) electrons. The van der Waals surface area contributed by atoms with Crippen LogP contribution in [0.1, 0.15) is 13.8 Å². The summed E-state index contributed by atoms with van der Waals surface area (Å²) in [6, 6.07) is 0. The zero-order chi connectivity index (χ0) is 8.15. The Morgan fingerprint density at radius 1 is 1.50 bits per heavy atom. The van der Waals surface area contributed by atoms with Crippen molar-refractivity contribution in [3.05, 3.63) is 11.6 Å². The molecule has 0 aromatic rings. The van der Waals surface area contributed by atoms with Gasteiger partial charge in [0.1, 0.15) is 0 Å². The van der Waals surface area contributed by atoms with E-state index >= 15 is 0 Å². The topological polar surface area (TPSA) is 20.3 Å². The van der Waals surface area contributed by atoms with E-state index in [4.69, 9.17) is 0 Å². The second kappa shape index (κ2) is 4.23. The highest BCUT2D eigenvalue weighted by Crippen LogP contribution is 1.96. The lowest BCUT2D eigenvalue weighted by atomic mass is 10.2. The second-order valence-electron chi connectivity index (χ2n) is 2.61. The lowest BCUT2D eigenvalue weighted by Gasteiger charge is -2.09. The molecule has 0 spiro atoms. The summed E-state index contributed by atoms with van der Waals surface area (Å²) >= 11 is 0. The molecule has 0 heterocycles. The van der Waals surface area contributed by atoms with E-state index in [0.717, 1.165) is 12.1 Å². The molecule has 0 aromatic carbocycles. The molecule has 2 nitrogen and oxygen atoms in total. The summed E-state index contributed by atoms with van der Waals surface area (Å²) in [5, 5.41) is 0. The molecule has 2 heteroatoms. The van der Waals surface area contributed by atoms with Gasteiger partial charge >= 0.3 is 0 Å². The number of carbonyl (C=O) groups excluding carboxylic acids is 1. The minimum absolute atomic E-state index is 0.163. The van der Waals surface area contributed by atoms with Crippen molar-refractivity contribution in [1.82, 2.24) is 4.90 Å². The fourth-order valence-corrected chi connectivity index (χ4v) is 0.747. The molecule has 10 heavy (non-hydrogen) atoms. The van der Waals surface area contributed by atoms with E-state index in [0.29, 0.717) is 0 Å². The molecule has 0 aliphatic rings. The molecule has 0 unspecified atom stereocenters. The minimum Gasteiger partial charge on any atom is -0.305 e. The van der Waals surface area contributed by atoms with E-state index in [2.05, 4.69) is 0 Å². The number of hydrogen-bond donors (Lipinski definition) is 0. The number of ketones is 1. The van der Waals surface area contributed by atoms with Crippen LogP contribution in [0.25, 0.3) is 0 Å². The lowest BCUT2D eigenvalue weighted by molar-refractivity contribution is -0.113. The fraction of sp³-hybridized carbons (Fsp3) is 0.625. The summed E-state index contributed by atoms with van der Waals surface area (Å²) in [5.41, 5.74) is 0.880. The van der Waals surface area contributed by atoms with Crippen molar-refractivity contribution in [2.24, 2.45) is 0 Å². The Morgan fingerprint density at radius 2 is 2.00 bits per heavy atom. The van der Waals surface area contributed by atoms with Gasteiger partial charge in [-0.3, -0.25) is 4.79 Å². The third kappa shape index (κ3) is 3.41. The molecule has 0 rings (SSSR count). The van der Waals surface area contributed by atoms with Crippen molar-refractivity contribution < 1.29 is 4.79 Å². The number of Topliss-reactive ketones (excluding diaryl/α,β-unsaturated/α-hetero) is 1.